The molecule has 0 unspecified atom stereocenters. The molecule has 1 aromatic heterocycles. The van der Waals surface area contributed by atoms with E-state index in [4.69, 9.17) is 5.10 Å². The SMILES string of the molecule is Cc1cccc(C(=O)N[C@@H]2C(=O)Nc3c(c(C)nn3-c3ccccc3)[C@@H]2c2ccccc2)c1. The van der Waals surface area contributed by atoms with E-state index in [1.165, 1.54) is 0 Å². The molecule has 0 spiro atoms. The predicted molar refractivity (Wildman–Crippen MR) is 128 cm³/mol. The van der Waals surface area contributed by atoms with Crippen LogP contribution in [-0.4, -0.2) is 27.6 Å². The maximum absolute atomic E-state index is 13.4. The number of carbonyl (C=O) groups excluding carboxylic acids is 2. The molecule has 0 bridgehead atoms. The quantitative estimate of drug-likeness (QED) is 0.499. The predicted octanol–water partition coefficient (Wildman–Crippen LogP) is 4.37. The number of aromatic nitrogens is 2. The number of nitrogens with one attached hydrogen (secondary N) is 2. The molecule has 0 saturated carbocycles. The third-order valence-electron chi connectivity index (χ3n) is 6.00. The molecule has 2 N–H and O–H groups in total. The molecule has 3 aromatic carbocycles. The van der Waals surface area contributed by atoms with Gasteiger partial charge < -0.3 is 10.6 Å². The summed E-state index contributed by atoms with van der Waals surface area (Å²) in [6.07, 6.45) is 0. The van der Waals surface area contributed by atoms with Crippen LogP contribution in [0.1, 0.15) is 38.7 Å². The summed E-state index contributed by atoms with van der Waals surface area (Å²) in [6.45, 7) is 3.87. The van der Waals surface area contributed by atoms with Gasteiger partial charge >= 0.3 is 0 Å². The number of para-hydroxylation sites is 1. The van der Waals surface area contributed by atoms with Gasteiger partial charge in [-0.3, -0.25) is 9.59 Å². The highest BCUT2D eigenvalue weighted by Crippen LogP contribution is 2.40. The third-order valence-corrected chi connectivity index (χ3v) is 6.00. The van der Waals surface area contributed by atoms with Gasteiger partial charge in [0, 0.05) is 17.0 Å². The van der Waals surface area contributed by atoms with Crippen LogP contribution in [0.2, 0.25) is 0 Å². The van der Waals surface area contributed by atoms with Gasteiger partial charge in [-0.1, -0.05) is 66.2 Å². The molecule has 6 nitrogen and oxygen atoms in total. The standard InChI is InChI=1S/C27H24N4O2/c1-17-10-9-13-20(16-17)26(32)28-24-23(19-11-5-3-6-12-19)22-18(2)30-31(25(22)29-27(24)33)21-14-7-4-8-15-21/h3-16,23-24H,1-2H3,(H,28,32)(H,29,33)/t23-,24-/m0/s1. The average molecular weight is 437 g/mol. The number of fused-ring (bicyclic) bond motifs is 1. The molecule has 0 saturated heterocycles. The van der Waals surface area contributed by atoms with E-state index in [-0.39, 0.29) is 17.7 Å². The first kappa shape index (κ1) is 20.7. The van der Waals surface area contributed by atoms with Crippen molar-refractivity contribution < 1.29 is 9.59 Å². The van der Waals surface area contributed by atoms with Gasteiger partial charge in [0.2, 0.25) is 5.91 Å². The first-order valence-electron chi connectivity index (χ1n) is 10.9. The van der Waals surface area contributed by atoms with Crippen LogP contribution in [0.4, 0.5) is 5.82 Å². The Labute approximate surface area is 192 Å². The van der Waals surface area contributed by atoms with E-state index < -0.39 is 6.04 Å². The van der Waals surface area contributed by atoms with Crippen LogP contribution in [0.25, 0.3) is 5.69 Å². The second-order valence-corrected chi connectivity index (χ2v) is 8.29. The molecule has 2 heterocycles. The summed E-state index contributed by atoms with van der Waals surface area (Å²) in [5.74, 6) is -0.287. The number of hydrogen-bond acceptors (Lipinski definition) is 3. The van der Waals surface area contributed by atoms with Gasteiger partial charge in [0.25, 0.3) is 5.91 Å². The number of aryl methyl sites for hydroxylation is 2. The van der Waals surface area contributed by atoms with Crippen LogP contribution in [0.15, 0.2) is 84.9 Å². The summed E-state index contributed by atoms with van der Waals surface area (Å²) >= 11 is 0. The Morgan fingerprint density at radius 3 is 2.33 bits per heavy atom. The maximum atomic E-state index is 13.4. The first-order chi connectivity index (χ1) is 16.0. The molecule has 2 atom stereocenters. The van der Waals surface area contributed by atoms with Gasteiger partial charge in [0.15, 0.2) is 0 Å². The van der Waals surface area contributed by atoms with E-state index in [2.05, 4.69) is 10.6 Å². The van der Waals surface area contributed by atoms with Crippen molar-refractivity contribution in [2.75, 3.05) is 5.32 Å². The van der Waals surface area contributed by atoms with Crippen molar-refractivity contribution in [2.24, 2.45) is 0 Å². The minimum atomic E-state index is -0.778. The van der Waals surface area contributed by atoms with Crippen molar-refractivity contribution in [2.45, 2.75) is 25.8 Å². The number of hydrogen-bond donors (Lipinski definition) is 2. The lowest BCUT2D eigenvalue weighted by Gasteiger charge is -2.32. The minimum absolute atomic E-state index is 0.269. The van der Waals surface area contributed by atoms with Crippen molar-refractivity contribution in [3.05, 3.63) is 113 Å². The van der Waals surface area contributed by atoms with Crippen molar-refractivity contribution in [1.29, 1.82) is 0 Å². The molecule has 164 valence electrons. The topological polar surface area (TPSA) is 76.0 Å². The van der Waals surface area contributed by atoms with Gasteiger partial charge in [-0.15, -0.1) is 0 Å². The number of nitrogens with zero attached hydrogens (tertiary/aromatic N) is 2. The van der Waals surface area contributed by atoms with E-state index in [1.54, 1.807) is 10.7 Å². The second-order valence-electron chi connectivity index (χ2n) is 8.29. The summed E-state index contributed by atoms with van der Waals surface area (Å²) in [7, 11) is 0. The molecule has 6 heteroatoms. The summed E-state index contributed by atoms with van der Waals surface area (Å²) in [5.41, 5.74) is 5.02. The molecular weight excluding hydrogens is 412 g/mol. The highest BCUT2D eigenvalue weighted by molar-refractivity contribution is 6.04. The monoisotopic (exact) mass is 436 g/mol. The zero-order valence-electron chi connectivity index (χ0n) is 18.4. The number of anilines is 1. The molecular formula is C27H24N4O2. The highest BCUT2D eigenvalue weighted by atomic mass is 16.2. The largest absolute Gasteiger partial charge is 0.339 e. The molecule has 0 fully saturated rings. The lowest BCUT2D eigenvalue weighted by molar-refractivity contribution is -0.118. The van der Waals surface area contributed by atoms with Gasteiger partial charge in [0.05, 0.1) is 11.4 Å². The van der Waals surface area contributed by atoms with Crippen LogP contribution in [0, 0.1) is 13.8 Å². The fraction of sp³-hybridized carbons (Fsp3) is 0.148. The van der Waals surface area contributed by atoms with Crippen molar-refractivity contribution in [3.8, 4) is 5.69 Å². The summed E-state index contributed by atoms with van der Waals surface area (Å²) in [6, 6.07) is 26.1. The van der Waals surface area contributed by atoms with Crippen LogP contribution < -0.4 is 10.6 Å². The third kappa shape index (κ3) is 3.80. The summed E-state index contributed by atoms with van der Waals surface area (Å²) in [5, 5.41) is 10.7. The Bertz CT molecular complexity index is 1330. The van der Waals surface area contributed by atoms with E-state index in [9.17, 15) is 9.59 Å². The summed E-state index contributed by atoms with van der Waals surface area (Å²) < 4.78 is 1.76. The molecule has 0 aliphatic carbocycles. The Kier molecular flexibility index (Phi) is 5.26. The zero-order valence-corrected chi connectivity index (χ0v) is 18.4. The van der Waals surface area contributed by atoms with Crippen molar-refractivity contribution in [3.63, 3.8) is 0 Å². The second kappa shape index (κ2) is 8.39. The number of amides is 2. The smallest absolute Gasteiger partial charge is 0.251 e. The first-order valence-corrected chi connectivity index (χ1v) is 10.9. The van der Waals surface area contributed by atoms with Gasteiger partial charge in [-0.25, -0.2) is 4.68 Å². The lowest BCUT2D eigenvalue weighted by Crippen LogP contribution is -2.50. The molecule has 33 heavy (non-hydrogen) atoms. The Morgan fingerprint density at radius 2 is 1.64 bits per heavy atom. The van der Waals surface area contributed by atoms with Crippen LogP contribution in [0.3, 0.4) is 0 Å². The van der Waals surface area contributed by atoms with Gasteiger partial charge in [-0.05, 0) is 43.7 Å². The Hall–Kier alpha value is -4.19. The van der Waals surface area contributed by atoms with Crippen LogP contribution >= 0.6 is 0 Å². The number of carbonyl (C=O) groups is 2. The Morgan fingerprint density at radius 1 is 0.939 bits per heavy atom. The maximum Gasteiger partial charge on any atom is 0.251 e. The molecule has 2 amide bonds. The van der Waals surface area contributed by atoms with Gasteiger partial charge in [0.1, 0.15) is 11.9 Å². The molecule has 4 aromatic rings. The fourth-order valence-electron chi connectivity index (χ4n) is 4.48. The van der Waals surface area contributed by atoms with Crippen molar-refractivity contribution in [1.82, 2.24) is 15.1 Å². The van der Waals surface area contributed by atoms with E-state index in [1.807, 2.05) is 92.7 Å². The van der Waals surface area contributed by atoms with Crippen LogP contribution in [-0.2, 0) is 4.79 Å². The minimum Gasteiger partial charge on any atom is -0.339 e. The average Bonchev–Trinajstić information content (AvgIpc) is 3.16. The highest BCUT2D eigenvalue weighted by Gasteiger charge is 2.41. The Balaban J connectivity index is 1.61. The zero-order chi connectivity index (χ0) is 22.9. The lowest BCUT2D eigenvalue weighted by atomic mass is 9.82. The summed E-state index contributed by atoms with van der Waals surface area (Å²) in [4.78, 5) is 26.5. The normalized spacial score (nSPS) is 17.2. The van der Waals surface area contributed by atoms with E-state index in [0.717, 1.165) is 28.1 Å². The molecule has 0 radical (unpaired) electrons. The molecule has 5 rings (SSSR count). The molecule has 1 aliphatic heterocycles. The fourth-order valence-corrected chi connectivity index (χ4v) is 4.48. The number of benzene rings is 3. The van der Waals surface area contributed by atoms with Crippen LogP contribution in [0.5, 0.6) is 0 Å². The molecule has 1 aliphatic rings. The number of rotatable bonds is 4. The van der Waals surface area contributed by atoms with Gasteiger partial charge in [-0.2, -0.15) is 5.10 Å². The van der Waals surface area contributed by atoms with E-state index >= 15 is 0 Å². The van der Waals surface area contributed by atoms with E-state index in [0.29, 0.717) is 11.4 Å². The van der Waals surface area contributed by atoms with Crippen molar-refractivity contribution >= 4 is 17.6 Å².